The highest BCUT2D eigenvalue weighted by Gasteiger charge is 2.21. The molecule has 3 aromatic rings. The van der Waals surface area contributed by atoms with Crippen LogP contribution in [0.3, 0.4) is 0 Å². The van der Waals surface area contributed by atoms with Gasteiger partial charge in [-0.2, -0.15) is 5.10 Å². The van der Waals surface area contributed by atoms with Crippen LogP contribution >= 0.6 is 11.8 Å². The van der Waals surface area contributed by atoms with Crippen LogP contribution in [0.1, 0.15) is 35.9 Å². The van der Waals surface area contributed by atoms with E-state index < -0.39 is 0 Å². The maximum atomic E-state index is 12.6. The summed E-state index contributed by atoms with van der Waals surface area (Å²) in [5.74, 6) is 6.47. The number of nitrogens with zero attached hydrogens (tertiary/aromatic N) is 5. The largest absolute Gasteiger partial charge is 0.334 e. The zero-order chi connectivity index (χ0) is 19.8. The number of hydrogen-bond donors (Lipinski definition) is 2. The van der Waals surface area contributed by atoms with E-state index in [1.165, 1.54) is 34.0 Å². The monoisotopic (exact) mass is 397 g/mol. The van der Waals surface area contributed by atoms with Crippen molar-refractivity contribution in [2.45, 2.75) is 50.4 Å². The molecule has 2 aromatic heterocycles. The topological polar surface area (TPSA) is 104 Å². The van der Waals surface area contributed by atoms with Gasteiger partial charge in [0.15, 0.2) is 0 Å². The Kier molecular flexibility index (Phi) is 4.84. The predicted molar refractivity (Wildman–Crippen MR) is 109 cm³/mol. The molecule has 1 aliphatic rings. The summed E-state index contributed by atoms with van der Waals surface area (Å²) in [5.41, 5.74) is 5.32. The van der Waals surface area contributed by atoms with E-state index in [1.54, 1.807) is 4.68 Å². The Balaban J connectivity index is 1.45. The second kappa shape index (κ2) is 7.31. The van der Waals surface area contributed by atoms with Crippen molar-refractivity contribution >= 4 is 23.4 Å². The Morgan fingerprint density at radius 3 is 2.75 bits per heavy atom. The summed E-state index contributed by atoms with van der Waals surface area (Å²) in [7, 11) is 0. The summed E-state index contributed by atoms with van der Waals surface area (Å²) in [6, 6.07) is 8.08. The summed E-state index contributed by atoms with van der Waals surface area (Å²) < 4.78 is 3.00. The fraction of sp³-hybridized carbons (Fsp3) is 0.368. The van der Waals surface area contributed by atoms with Crippen LogP contribution in [0.15, 0.2) is 29.4 Å². The number of carbonyl (C=O) groups is 1. The molecule has 146 valence electrons. The molecule has 0 spiro atoms. The molecule has 0 bridgehead atoms. The Hall–Kier alpha value is -2.81. The van der Waals surface area contributed by atoms with Gasteiger partial charge in [-0.1, -0.05) is 17.8 Å². The number of nitrogen functional groups attached to an aromatic ring is 1. The molecular weight excluding hydrogens is 374 g/mol. The van der Waals surface area contributed by atoms with Gasteiger partial charge in [-0.15, -0.1) is 10.2 Å². The minimum absolute atomic E-state index is 0.0985. The van der Waals surface area contributed by atoms with Crippen LogP contribution in [0.2, 0.25) is 0 Å². The van der Waals surface area contributed by atoms with Crippen LogP contribution in [-0.4, -0.2) is 35.8 Å². The van der Waals surface area contributed by atoms with E-state index in [0.29, 0.717) is 11.1 Å². The molecule has 1 atom stereocenters. The highest BCUT2D eigenvalue weighted by molar-refractivity contribution is 8.00. The van der Waals surface area contributed by atoms with E-state index >= 15 is 0 Å². The van der Waals surface area contributed by atoms with E-state index in [2.05, 4.69) is 32.7 Å². The van der Waals surface area contributed by atoms with E-state index in [4.69, 9.17) is 5.84 Å². The Morgan fingerprint density at radius 1 is 1.21 bits per heavy atom. The van der Waals surface area contributed by atoms with Crippen molar-refractivity contribution in [2.75, 3.05) is 11.2 Å². The fourth-order valence-corrected chi connectivity index (χ4v) is 4.20. The molecule has 0 saturated carbocycles. The number of nitrogens with two attached hydrogens (primary N) is 1. The summed E-state index contributed by atoms with van der Waals surface area (Å²) >= 11 is 1.26. The minimum Gasteiger partial charge on any atom is -0.334 e. The zero-order valence-electron chi connectivity index (χ0n) is 16.1. The van der Waals surface area contributed by atoms with E-state index in [9.17, 15) is 4.79 Å². The predicted octanol–water partition coefficient (Wildman–Crippen LogP) is 2.40. The van der Waals surface area contributed by atoms with Crippen LogP contribution < -0.4 is 11.2 Å². The second-order valence-corrected chi connectivity index (χ2v) is 8.39. The third-order valence-electron chi connectivity index (χ3n) is 4.86. The van der Waals surface area contributed by atoms with Gasteiger partial charge in [-0.05, 0) is 69.4 Å². The Morgan fingerprint density at radius 2 is 2.00 bits per heavy atom. The number of carbonyl (C=O) groups excluding carboxylic acids is 1. The highest BCUT2D eigenvalue weighted by atomic mass is 32.2. The highest BCUT2D eigenvalue weighted by Crippen LogP contribution is 2.26. The smallest absolute Gasteiger partial charge is 0.271 e. The van der Waals surface area contributed by atoms with E-state index in [1.807, 2.05) is 32.9 Å². The minimum atomic E-state index is -0.381. The van der Waals surface area contributed by atoms with Gasteiger partial charge in [0.25, 0.3) is 5.95 Å². The molecule has 28 heavy (non-hydrogen) atoms. The lowest BCUT2D eigenvalue weighted by Gasteiger charge is -2.12. The lowest BCUT2D eigenvalue weighted by atomic mass is 10.1. The van der Waals surface area contributed by atoms with Gasteiger partial charge in [-0.25, -0.2) is 9.36 Å². The van der Waals surface area contributed by atoms with Crippen LogP contribution in [0, 0.1) is 13.8 Å². The van der Waals surface area contributed by atoms with Crippen molar-refractivity contribution in [3.8, 4) is 5.95 Å². The first kappa shape index (κ1) is 18.5. The summed E-state index contributed by atoms with van der Waals surface area (Å²) in [5, 5.41) is 15.7. The quantitative estimate of drug-likeness (QED) is 0.506. The van der Waals surface area contributed by atoms with Crippen LogP contribution in [0.25, 0.3) is 5.95 Å². The molecule has 4 rings (SSSR count). The Bertz CT molecular complexity index is 1040. The van der Waals surface area contributed by atoms with Gasteiger partial charge in [0, 0.05) is 11.4 Å². The number of aryl methyl sites for hydroxylation is 4. The molecule has 0 radical (unpaired) electrons. The van der Waals surface area contributed by atoms with Crippen molar-refractivity contribution in [2.24, 2.45) is 0 Å². The maximum absolute atomic E-state index is 12.6. The maximum Gasteiger partial charge on any atom is 0.271 e. The molecule has 3 N–H and O–H groups in total. The van der Waals surface area contributed by atoms with Gasteiger partial charge >= 0.3 is 0 Å². The van der Waals surface area contributed by atoms with Crippen molar-refractivity contribution in [1.29, 1.82) is 0 Å². The third kappa shape index (κ3) is 3.49. The lowest BCUT2D eigenvalue weighted by molar-refractivity contribution is -0.115. The van der Waals surface area contributed by atoms with Crippen molar-refractivity contribution in [1.82, 2.24) is 24.7 Å². The van der Waals surface area contributed by atoms with Gasteiger partial charge in [0.2, 0.25) is 11.1 Å². The molecule has 1 amide bonds. The second-order valence-electron chi connectivity index (χ2n) is 7.08. The first-order chi connectivity index (χ1) is 13.4. The average molecular weight is 398 g/mol. The van der Waals surface area contributed by atoms with Gasteiger partial charge in [0.05, 0.1) is 10.9 Å². The lowest BCUT2D eigenvalue weighted by Crippen LogP contribution is -2.24. The molecule has 8 nitrogen and oxygen atoms in total. The number of anilines is 1. The molecule has 0 unspecified atom stereocenters. The van der Waals surface area contributed by atoms with Crippen LogP contribution in [-0.2, 0) is 17.6 Å². The summed E-state index contributed by atoms with van der Waals surface area (Å²) in [6.45, 7) is 5.65. The average Bonchev–Trinajstić information content (AvgIpc) is 3.34. The third-order valence-corrected chi connectivity index (χ3v) is 5.92. The number of aromatic nitrogens is 5. The van der Waals surface area contributed by atoms with E-state index in [0.717, 1.165) is 29.9 Å². The first-order valence-corrected chi connectivity index (χ1v) is 10.1. The zero-order valence-corrected chi connectivity index (χ0v) is 17.0. The number of hydrogen-bond acceptors (Lipinski definition) is 6. The number of amides is 1. The number of benzene rings is 1. The number of thioether (sulfide) groups is 1. The number of rotatable bonds is 5. The van der Waals surface area contributed by atoms with Crippen molar-refractivity contribution in [3.05, 3.63) is 46.8 Å². The normalized spacial score (nSPS) is 14.1. The van der Waals surface area contributed by atoms with Gasteiger partial charge < -0.3 is 11.2 Å². The molecule has 1 aliphatic carbocycles. The Labute approximate surface area is 167 Å². The summed E-state index contributed by atoms with van der Waals surface area (Å²) in [6.07, 6.45) is 3.39. The molecular formula is C19H23N7OS. The SMILES string of the molecule is Cc1cc(C)n(-c2nnc(S[C@@H](C)C(=O)Nc3ccc4c(c3)CCC4)n2N)n1. The molecule has 2 heterocycles. The molecule has 0 fully saturated rings. The van der Waals surface area contributed by atoms with Crippen LogP contribution in [0.5, 0.6) is 0 Å². The molecule has 0 aliphatic heterocycles. The summed E-state index contributed by atoms with van der Waals surface area (Å²) in [4.78, 5) is 12.6. The van der Waals surface area contributed by atoms with Crippen molar-refractivity contribution < 1.29 is 4.79 Å². The molecule has 1 aromatic carbocycles. The fourth-order valence-electron chi connectivity index (χ4n) is 3.43. The standard InChI is InChI=1S/C19H23N7OS/c1-11-9-12(2)26(24-11)18-22-23-19(25(18)20)28-13(3)17(27)21-16-8-7-14-5-4-6-15(14)10-16/h7-10,13H,4-6,20H2,1-3H3,(H,21,27)/t13-/m0/s1. The van der Waals surface area contributed by atoms with Crippen molar-refractivity contribution in [3.63, 3.8) is 0 Å². The number of fused-ring (bicyclic) bond motifs is 1. The van der Waals surface area contributed by atoms with E-state index in [-0.39, 0.29) is 11.2 Å². The number of nitrogens with one attached hydrogen (secondary N) is 1. The van der Waals surface area contributed by atoms with Crippen LogP contribution in [0.4, 0.5) is 5.69 Å². The first-order valence-electron chi connectivity index (χ1n) is 9.26. The van der Waals surface area contributed by atoms with Gasteiger partial charge in [0.1, 0.15) is 0 Å². The molecule has 9 heteroatoms. The van der Waals surface area contributed by atoms with Gasteiger partial charge in [-0.3, -0.25) is 4.79 Å². The molecule has 0 saturated heterocycles.